The molecule has 2 amide bonds. The van der Waals surface area contributed by atoms with Gasteiger partial charge in [-0.1, -0.05) is 26.0 Å². The molecule has 1 aliphatic rings. The highest BCUT2D eigenvalue weighted by Crippen LogP contribution is 2.47. The summed E-state index contributed by atoms with van der Waals surface area (Å²) < 4.78 is 12.8. The fourth-order valence-corrected chi connectivity index (χ4v) is 2.27. The van der Waals surface area contributed by atoms with Gasteiger partial charge in [0.05, 0.1) is 0 Å². The van der Waals surface area contributed by atoms with E-state index in [-0.39, 0.29) is 35.4 Å². The van der Waals surface area contributed by atoms with Crippen molar-refractivity contribution in [2.45, 2.75) is 26.2 Å². The van der Waals surface area contributed by atoms with Crippen LogP contribution in [0.15, 0.2) is 24.3 Å². The van der Waals surface area contributed by atoms with Gasteiger partial charge in [-0.05, 0) is 30.0 Å². The molecule has 114 valence electrons. The van der Waals surface area contributed by atoms with Crippen molar-refractivity contribution in [3.63, 3.8) is 0 Å². The molecule has 0 bridgehead atoms. The summed E-state index contributed by atoms with van der Waals surface area (Å²) in [5.41, 5.74) is 1.00. The fourth-order valence-electron chi connectivity index (χ4n) is 2.27. The number of halogens is 1. The first kappa shape index (κ1) is 15.5. The third kappa shape index (κ3) is 4.28. The minimum absolute atomic E-state index is 0.00289. The molecule has 1 aromatic carbocycles. The maximum atomic E-state index is 12.8. The van der Waals surface area contributed by atoms with Crippen molar-refractivity contribution < 1.29 is 14.0 Å². The van der Waals surface area contributed by atoms with Crippen LogP contribution in [0.5, 0.6) is 0 Å². The van der Waals surface area contributed by atoms with E-state index >= 15 is 0 Å². The summed E-state index contributed by atoms with van der Waals surface area (Å²) in [5.74, 6) is -0.164. The highest BCUT2D eigenvalue weighted by Gasteiger charge is 2.43. The minimum atomic E-state index is -0.263. The van der Waals surface area contributed by atoms with Crippen molar-refractivity contribution >= 4 is 11.8 Å². The standard InChI is InChI=1S/C16H21FN2O2/c1-10(2)15(20)18-7-8-19-16(21)14-9-13(14)11-3-5-12(17)6-4-11/h3-6,10,13-14H,7-9H2,1-2H3,(H,18,20)(H,19,21). The second-order valence-corrected chi connectivity index (χ2v) is 5.74. The van der Waals surface area contributed by atoms with Crippen molar-refractivity contribution in [2.24, 2.45) is 11.8 Å². The lowest BCUT2D eigenvalue weighted by Crippen LogP contribution is -2.37. The van der Waals surface area contributed by atoms with E-state index in [9.17, 15) is 14.0 Å². The maximum Gasteiger partial charge on any atom is 0.223 e. The van der Waals surface area contributed by atoms with E-state index in [0.717, 1.165) is 12.0 Å². The van der Waals surface area contributed by atoms with E-state index in [0.29, 0.717) is 13.1 Å². The van der Waals surface area contributed by atoms with E-state index in [1.54, 1.807) is 12.1 Å². The zero-order chi connectivity index (χ0) is 15.4. The van der Waals surface area contributed by atoms with Gasteiger partial charge in [0.2, 0.25) is 11.8 Å². The second kappa shape index (κ2) is 6.70. The van der Waals surface area contributed by atoms with E-state index in [4.69, 9.17) is 0 Å². The van der Waals surface area contributed by atoms with Crippen LogP contribution in [-0.4, -0.2) is 24.9 Å². The maximum absolute atomic E-state index is 12.8. The number of rotatable bonds is 6. The van der Waals surface area contributed by atoms with E-state index in [1.807, 2.05) is 13.8 Å². The lowest BCUT2D eigenvalue weighted by Gasteiger charge is -2.08. The van der Waals surface area contributed by atoms with Crippen LogP contribution < -0.4 is 10.6 Å². The molecule has 4 nitrogen and oxygen atoms in total. The Morgan fingerprint density at radius 1 is 1.19 bits per heavy atom. The van der Waals surface area contributed by atoms with Crippen LogP contribution in [0, 0.1) is 17.7 Å². The molecule has 0 aromatic heterocycles. The first-order valence-electron chi connectivity index (χ1n) is 7.30. The molecule has 0 saturated heterocycles. The number of benzene rings is 1. The van der Waals surface area contributed by atoms with Crippen molar-refractivity contribution in [1.29, 1.82) is 0 Å². The Bertz CT molecular complexity index is 514. The summed E-state index contributed by atoms with van der Waals surface area (Å²) >= 11 is 0. The van der Waals surface area contributed by atoms with Gasteiger partial charge >= 0.3 is 0 Å². The zero-order valence-electron chi connectivity index (χ0n) is 12.4. The molecule has 0 radical (unpaired) electrons. The topological polar surface area (TPSA) is 58.2 Å². The summed E-state index contributed by atoms with van der Waals surface area (Å²) in [7, 11) is 0. The average molecular weight is 292 g/mol. The molecule has 0 heterocycles. The smallest absolute Gasteiger partial charge is 0.223 e. The molecule has 5 heteroatoms. The molecule has 1 saturated carbocycles. The first-order chi connectivity index (χ1) is 9.99. The van der Waals surface area contributed by atoms with Crippen LogP contribution in [0.2, 0.25) is 0 Å². The highest BCUT2D eigenvalue weighted by molar-refractivity contribution is 5.83. The number of carbonyl (C=O) groups is 2. The molecule has 1 aliphatic carbocycles. The fraction of sp³-hybridized carbons (Fsp3) is 0.500. The molecule has 2 atom stereocenters. The lowest BCUT2D eigenvalue weighted by atomic mass is 10.1. The Hall–Kier alpha value is -1.91. The van der Waals surface area contributed by atoms with Gasteiger partial charge < -0.3 is 10.6 Å². The van der Waals surface area contributed by atoms with Gasteiger partial charge in [0.1, 0.15) is 5.82 Å². The van der Waals surface area contributed by atoms with Gasteiger partial charge in [-0.15, -0.1) is 0 Å². The molecule has 2 unspecified atom stereocenters. The molecule has 0 spiro atoms. The Morgan fingerprint density at radius 2 is 1.81 bits per heavy atom. The van der Waals surface area contributed by atoms with Crippen LogP contribution >= 0.6 is 0 Å². The molecule has 0 aliphatic heterocycles. The van der Waals surface area contributed by atoms with Gasteiger partial charge in [0.25, 0.3) is 0 Å². The van der Waals surface area contributed by atoms with Crippen molar-refractivity contribution in [3.8, 4) is 0 Å². The van der Waals surface area contributed by atoms with Crippen molar-refractivity contribution in [1.82, 2.24) is 10.6 Å². The van der Waals surface area contributed by atoms with Gasteiger partial charge in [-0.2, -0.15) is 0 Å². The second-order valence-electron chi connectivity index (χ2n) is 5.74. The summed E-state index contributed by atoms with van der Waals surface area (Å²) in [5, 5.41) is 5.57. The molecule has 21 heavy (non-hydrogen) atoms. The largest absolute Gasteiger partial charge is 0.354 e. The molecular weight excluding hydrogens is 271 g/mol. The predicted molar refractivity (Wildman–Crippen MR) is 78.1 cm³/mol. The Morgan fingerprint density at radius 3 is 2.43 bits per heavy atom. The van der Waals surface area contributed by atoms with E-state index in [1.165, 1.54) is 12.1 Å². The third-order valence-electron chi connectivity index (χ3n) is 3.67. The lowest BCUT2D eigenvalue weighted by molar-refractivity contribution is -0.125. The van der Waals surface area contributed by atoms with Crippen molar-refractivity contribution in [2.75, 3.05) is 13.1 Å². The SMILES string of the molecule is CC(C)C(=O)NCCNC(=O)C1CC1c1ccc(F)cc1. The minimum Gasteiger partial charge on any atom is -0.354 e. The van der Waals surface area contributed by atoms with Gasteiger partial charge in [-0.25, -0.2) is 4.39 Å². The van der Waals surface area contributed by atoms with Crippen LogP contribution in [-0.2, 0) is 9.59 Å². The monoisotopic (exact) mass is 292 g/mol. The van der Waals surface area contributed by atoms with Crippen LogP contribution in [0.4, 0.5) is 4.39 Å². The quantitative estimate of drug-likeness (QED) is 0.786. The molecule has 1 aromatic rings. The van der Waals surface area contributed by atoms with E-state index in [2.05, 4.69) is 10.6 Å². The van der Waals surface area contributed by atoms with Gasteiger partial charge in [-0.3, -0.25) is 9.59 Å². The third-order valence-corrected chi connectivity index (χ3v) is 3.67. The number of nitrogens with one attached hydrogen (secondary N) is 2. The zero-order valence-corrected chi connectivity index (χ0v) is 12.4. The summed E-state index contributed by atoms with van der Waals surface area (Å²) in [6.45, 7) is 4.53. The molecule has 2 rings (SSSR count). The van der Waals surface area contributed by atoms with E-state index < -0.39 is 0 Å². The summed E-state index contributed by atoms with van der Waals surface area (Å²) in [4.78, 5) is 23.3. The summed E-state index contributed by atoms with van der Waals surface area (Å²) in [6.07, 6.45) is 0.801. The molecule has 1 fully saturated rings. The predicted octanol–water partition coefficient (Wildman–Crippen LogP) is 1.82. The number of hydrogen-bond acceptors (Lipinski definition) is 2. The van der Waals surface area contributed by atoms with Crippen LogP contribution in [0.3, 0.4) is 0 Å². The van der Waals surface area contributed by atoms with Crippen molar-refractivity contribution in [3.05, 3.63) is 35.6 Å². The normalized spacial score (nSPS) is 20.2. The number of amides is 2. The van der Waals surface area contributed by atoms with Crippen LogP contribution in [0.25, 0.3) is 0 Å². The summed E-state index contributed by atoms with van der Waals surface area (Å²) in [6, 6.07) is 6.31. The Labute approximate surface area is 124 Å². The number of hydrogen-bond donors (Lipinski definition) is 2. The molecular formula is C16H21FN2O2. The number of carbonyl (C=O) groups excluding carboxylic acids is 2. The highest BCUT2D eigenvalue weighted by atomic mass is 19.1. The van der Waals surface area contributed by atoms with Crippen LogP contribution in [0.1, 0.15) is 31.7 Å². The Balaban J connectivity index is 1.69. The average Bonchev–Trinajstić information content (AvgIpc) is 3.24. The van der Waals surface area contributed by atoms with Gasteiger partial charge in [0.15, 0.2) is 0 Å². The Kier molecular flexibility index (Phi) is 4.94. The molecule has 2 N–H and O–H groups in total. The van der Waals surface area contributed by atoms with Gasteiger partial charge in [0, 0.05) is 24.9 Å². The first-order valence-corrected chi connectivity index (χ1v) is 7.30.